The van der Waals surface area contributed by atoms with Gasteiger partial charge in [-0.15, -0.1) is 0 Å². The maximum atomic E-state index is 6.21. The fraction of sp³-hybridized carbons (Fsp3) is 0.684. The van der Waals surface area contributed by atoms with Crippen molar-refractivity contribution in [3.8, 4) is 0 Å². The van der Waals surface area contributed by atoms with Crippen LogP contribution < -0.4 is 0 Å². The van der Waals surface area contributed by atoms with E-state index in [1.807, 2.05) is 6.07 Å². The zero-order valence-corrected chi connectivity index (χ0v) is 17.9. The summed E-state index contributed by atoms with van der Waals surface area (Å²) in [5, 5.41) is 0.911. The van der Waals surface area contributed by atoms with Crippen molar-refractivity contribution in [3.05, 3.63) is 34.9 Å². The zero-order valence-electron chi connectivity index (χ0n) is 14.3. The van der Waals surface area contributed by atoms with Gasteiger partial charge in [0.25, 0.3) is 0 Å². The fourth-order valence-electron chi connectivity index (χ4n) is 3.38. The molecule has 0 spiro atoms. The maximum absolute atomic E-state index is 6.21. The molecule has 0 aliphatic carbocycles. The van der Waals surface area contributed by atoms with Crippen molar-refractivity contribution in [2.45, 2.75) is 77.0 Å². The van der Waals surface area contributed by atoms with Gasteiger partial charge in [0.1, 0.15) is 0 Å². The van der Waals surface area contributed by atoms with Gasteiger partial charge in [0.2, 0.25) is 0 Å². The van der Waals surface area contributed by atoms with E-state index in [1.165, 1.54) is 48.5 Å². The summed E-state index contributed by atoms with van der Waals surface area (Å²) >= 11 is 4.17. The fourth-order valence-corrected chi connectivity index (χ4v) is 19.8. The molecule has 2 heteroatoms. The van der Waals surface area contributed by atoms with Crippen LogP contribution in [0.4, 0.5) is 0 Å². The Morgan fingerprint density at radius 1 is 0.857 bits per heavy atom. The second kappa shape index (κ2) is 10.9. The van der Waals surface area contributed by atoms with E-state index in [0.717, 1.165) is 5.02 Å². The molecule has 0 N–H and O–H groups in total. The molecule has 0 fully saturated rings. The van der Waals surface area contributed by atoms with Crippen LogP contribution in [0, 0.1) is 0 Å². The molecule has 1 aromatic carbocycles. The third-order valence-corrected chi connectivity index (χ3v) is 20.3. The van der Waals surface area contributed by atoms with Crippen LogP contribution in [0.2, 0.25) is 18.3 Å². The van der Waals surface area contributed by atoms with Crippen molar-refractivity contribution in [1.29, 1.82) is 0 Å². The van der Waals surface area contributed by atoms with Crippen LogP contribution in [0.25, 0.3) is 0 Å². The Morgan fingerprint density at radius 3 is 1.81 bits per heavy atom. The Kier molecular flexibility index (Phi) is 10.1. The van der Waals surface area contributed by atoms with Crippen LogP contribution in [0.15, 0.2) is 24.3 Å². The summed E-state index contributed by atoms with van der Waals surface area (Å²) in [7, 11) is 0. The summed E-state index contributed by atoms with van der Waals surface area (Å²) in [6, 6.07) is 8.67. The van der Waals surface area contributed by atoms with Gasteiger partial charge >= 0.3 is 142 Å². The normalized spacial score (nSPS) is 11.8. The average molecular weight is 416 g/mol. The third-order valence-electron chi connectivity index (χ3n) is 4.65. The monoisotopic (exact) mass is 416 g/mol. The van der Waals surface area contributed by atoms with Crippen LogP contribution in [0.5, 0.6) is 0 Å². The molecule has 0 heterocycles. The quantitative estimate of drug-likeness (QED) is 0.333. The third kappa shape index (κ3) is 7.41. The molecule has 0 aliphatic heterocycles. The summed E-state index contributed by atoms with van der Waals surface area (Å²) in [5.74, 6) is 0. The molecule has 0 aromatic heterocycles. The van der Waals surface area contributed by atoms with E-state index >= 15 is 0 Å². The number of rotatable bonds is 11. The first-order chi connectivity index (χ1) is 10.2. The Balaban J connectivity index is 2.88. The summed E-state index contributed by atoms with van der Waals surface area (Å²) in [6.07, 6.45) is 8.41. The Bertz CT molecular complexity index is 367. The van der Waals surface area contributed by atoms with Crippen LogP contribution in [-0.4, -0.2) is 18.4 Å². The first kappa shape index (κ1) is 19.4. The predicted octanol–water partition coefficient (Wildman–Crippen LogP) is 7.27. The summed E-state index contributed by atoms with van der Waals surface area (Å²) < 4.78 is 6.16. The zero-order chi connectivity index (χ0) is 15.6. The molecule has 0 bridgehead atoms. The second-order valence-electron chi connectivity index (χ2n) is 6.62. The first-order valence-electron chi connectivity index (χ1n) is 8.90. The van der Waals surface area contributed by atoms with E-state index in [-0.39, 0.29) is 0 Å². The van der Waals surface area contributed by atoms with Gasteiger partial charge < -0.3 is 0 Å². The first-order valence-corrected chi connectivity index (χ1v) is 17.4. The predicted molar refractivity (Wildman–Crippen MR) is 100 cm³/mol. The van der Waals surface area contributed by atoms with Crippen LogP contribution in [0.1, 0.15) is 64.9 Å². The summed E-state index contributed by atoms with van der Waals surface area (Å²) in [6.45, 7) is 7.03. The van der Waals surface area contributed by atoms with Crippen molar-refractivity contribution >= 4 is 30.0 Å². The van der Waals surface area contributed by atoms with Gasteiger partial charge in [0, 0.05) is 0 Å². The number of hydrogen-bond donors (Lipinski definition) is 0. The minimum atomic E-state index is -2.04. The van der Waals surface area contributed by atoms with Crippen molar-refractivity contribution in [3.63, 3.8) is 0 Å². The molecule has 0 unspecified atom stereocenters. The molecule has 0 atom stereocenters. The molecule has 0 saturated heterocycles. The van der Waals surface area contributed by atoms with E-state index in [1.54, 1.807) is 13.3 Å². The molecule has 1 aromatic rings. The van der Waals surface area contributed by atoms with Gasteiger partial charge in [0.15, 0.2) is 0 Å². The van der Waals surface area contributed by atoms with E-state index in [0.29, 0.717) is 0 Å². The van der Waals surface area contributed by atoms with Gasteiger partial charge in [-0.25, -0.2) is 0 Å². The number of halogens is 1. The number of hydrogen-bond acceptors (Lipinski definition) is 0. The molecule has 120 valence electrons. The van der Waals surface area contributed by atoms with Crippen molar-refractivity contribution < 1.29 is 0 Å². The molecule has 0 radical (unpaired) electrons. The van der Waals surface area contributed by atoms with Crippen LogP contribution in [0.3, 0.4) is 0 Å². The molecule has 0 amide bonds. The Labute approximate surface area is 141 Å². The van der Waals surface area contributed by atoms with E-state index in [9.17, 15) is 0 Å². The standard InChI is InChI=1S/C7H6Cl.3C4H9.Sn/c1-6-3-2-4-7(8)5-6;3*1-3-4-2;/h2-5H,1H2;3*1,3-4H2,2H3;. The van der Waals surface area contributed by atoms with Crippen molar-refractivity contribution in [1.82, 2.24) is 0 Å². The SMILES string of the molecule is CCC[CH2][Sn]([CH2]CCC)([CH2]CCC)[CH2]c1cccc(Cl)c1. The van der Waals surface area contributed by atoms with E-state index in [4.69, 9.17) is 11.6 Å². The van der Waals surface area contributed by atoms with Crippen LogP contribution >= 0.6 is 11.6 Å². The topological polar surface area (TPSA) is 0 Å². The molecular weight excluding hydrogens is 382 g/mol. The molecule has 21 heavy (non-hydrogen) atoms. The molecule has 0 nitrogen and oxygen atoms in total. The Hall–Kier alpha value is 0.309. The summed E-state index contributed by atoms with van der Waals surface area (Å²) in [5.41, 5.74) is 1.52. The van der Waals surface area contributed by atoms with Crippen molar-refractivity contribution in [2.24, 2.45) is 0 Å². The molecule has 0 saturated carbocycles. The Morgan fingerprint density at radius 2 is 1.38 bits per heavy atom. The minimum absolute atomic E-state index is 0.911. The molecular formula is C19H33ClSn. The van der Waals surface area contributed by atoms with Gasteiger partial charge in [-0.2, -0.15) is 0 Å². The average Bonchev–Trinajstić information content (AvgIpc) is 2.48. The van der Waals surface area contributed by atoms with Crippen molar-refractivity contribution in [2.75, 3.05) is 0 Å². The second-order valence-corrected chi connectivity index (χ2v) is 20.9. The number of benzene rings is 1. The van der Waals surface area contributed by atoms with Gasteiger partial charge in [0.05, 0.1) is 0 Å². The van der Waals surface area contributed by atoms with Gasteiger partial charge in [-0.1, -0.05) is 0 Å². The van der Waals surface area contributed by atoms with E-state index < -0.39 is 18.4 Å². The molecule has 0 aliphatic rings. The summed E-state index contributed by atoms with van der Waals surface area (Å²) in [4.78, 5) is 0. The van der Waals surface area contributed by atoms with E-state index in [2.05, 4.69) is 39.0 Å². The van der Waals surface area contributed by atoms with Gasteiger partial charge in [-0.3, -0.25) is 0 Å². The molecule has 1 rings (SSSR count). The number of unbranched alkanes of at least 4 members (excludes halogenated alkanes) is 3. The van der Waals surface area contributed by atoms with Gasteiger partial charge in [-0.05, 0) is 0 Å². The van der Waals surface area contributed by atoms with Crippen LogP contribution in [-0.2, 0) is 4.44 Å².